The molecule has 0 N–H and O–H groups in total. The lowest BCUT2D eigenvalue weighted by molar-refractivity contribution is 0.0600. The zero-order chi connectivity index (χ0) is 13.8. The molecular weight excluding hydrogens is 249 g/mol. The number of hydrogen-bond donors (Lipinski definition) is 0. The average Bonchev–Trinajstić information content (AvgIpc) is 2.42. The smallest absolute Gasteiger partial charge is 0.338 e. The molecule has 0 radical (unpaired) electrons. The number of nitrogens with zero attached hydrogens (tertiary/aromatic N) is 1. The van der Waals surface area contributed by atoms with Crippen LogP contribution >= 0.6 is 0 Å². The van der Waals surface area contributed by atoms with Gasteiger partial charge in [-0.1, -0.05) is 12.1 Å². The van der Waals surface area contributed by atoms with Crippen LogP contribution in [0.15, 0.2) is 47.4 Å². The molecule has 1 heterocycles. The van der Waals surface area contributed by atoms with E-state index in [9.17, 15) is 14.0 Å². The SMILES string of the molecule is COC(=O)c1ccn(Cc2ccc(F)cc2)c(=O)c1. The molecule has 2 aromatic rings. The maximum absolute atomic E-state index is 12.8. The molecule has 0 saturated carbocycles. The van der Waals surface area contributed by atoms with Crippen LogP contribution in [0, 0.1) is 5.82 Å². The van der Waals surface area contributed by atoms with Gasteiger partial charge in [0.15, 0.2) is 0 Å². The first-order valence-corrected chi connectivity index (χ1v) is 5.63. The summed E-state index contributed by atoms with van der Waals surface area (Å²) in [5.41, 5.74) is 0.699. The maximum Gasteiger partial charge on any atom is 0.338 e. The molecule has 98 valence electrons. The summed E-state index contributed by atoms with van der Waals surface area (Å²) in [6.07, 6.45) is 1.51. The van der Waals surface area contributed by atoms with Crippen LogP contribution in [0.3, 0.4) is 0 Å². The highest BCUT2D eigenvalue weighted by atomic mass is 19.1. The van der Waals surface area contributed by atoms with Crippen LogP contribution in [0.4, 0.5) is 4.39 Å². The van der Waals surface area contributed by atoms with Gasteiger partial charge in [0.1, 0.15) is 5.82 Å². The highest BCUT2D eigenvalue weighted by Gasteiger charge is 2.07. The average molecular weight is 261 g/mol. The van der Waals surface area contributed by atoms with E-state index in [4.69, 9.17) is 0 Å². The highest BCUT2D eigenvalue weighted by Crippen LogP contribution is 2.05. The molecule has 0 unspecified atom stereocenters. The van der Waals surface area contributed by atoms with Crippen molar-refractivity contribution < 1.29 is 13.9 Å². The zero-order valence-electron chi connectivity index (χ0n) is 10.3. The van der Waals surface area contributed by atoms with Crippen molar-refractivity contribution in [2.45, 2.75) is 6.54 Å². The number of carbonyl (C=O) groups is 1. The molecule has 2 rings (SSSR count). The fraction of sp³-hybridized carbons (Fsp3) is 0.143. The Morgan fingerprint density at radius 3 is 2.53 bits per heavy atom. The van der Waals surface area contributed by atoms with Crippen LogP contribution in [-0.2, 0) is 11.3 Å². The van der Waals surface area contributed by atoms with E-state index in [0.717, 1.165) is 5.56 Å². The summed E-state index contributed by atoms with van der Waals surface area (Å²) in [4.78, 5) is 23.1. The van der Waals surface area contributed by atoms with Gasteiger partial charge in [-0.05, 0) is 23.8 Å². The molecule has 0 fully saturated rings. The van der Waals surface area contributed by atoms with Crippen molar-refractivity contribution in [3.05, 3.63) is 69.9 Å². The Labute approximate surface area is 109 Å². The number of carbonyl (C=O) groups excluding carboxylic acids is 1. The Morgan fingerprint density at radius 2 is 1.95 bits per heavy atom. The quantitative estimate of drug-likeness (QED) is 0.792. The summed E-state index contributed by atoms with van der Waals surface area (Å²) < 4.78 is 18.7. The van der Waals surface area contributed by atoms with E-state index in [0.29, 0.717) is 6.54 Å². The summed E-state index contributed by atoms with van der Waals surface area (Å²) in [6, 6.07) is 8.62. The van der Waals surface area contributed by atoms with E-state index in [1.165, 1.54) is 42.1 Å². The molecule has 1 aromatic carbocycles. The molecule has 19 heavy (non-hydrogen) atoms. The highest BCUT2D eigenvalue weighted by molar-refractivity contribution is 5.88. The van der Waals surface area contributed by atoms with Crippen molar-refractivity contribution in [1.29, 1.82) is 0 Å². The Morgan fingerprint density at radius 1 is 1.26 bits per heavy atom. The van der Waals surface area contributed by atoms with Crippen LogP contribution in [0.1, 0.15) is 15.9 Å². The molecular formula is C14H12FNO3. The van der Waals surface area contributed by atoms with Crippen LogP contribution in [0.2, 0.25) is 0 Å². The number of aromatic nitrogens is 1. The number of halogens is 1. The summed E-state index contributed by atoms with van der Waals surface area (Å²) in [5, 5.41) is 0. The topological polar surface area (TPSA) is 48.3 Å². The lowest BCUT2D eigenvalue weighted by Crippen LogP contribution is -2.21. The van der Waals surface area contributed by atoms with Gasteiger partial charge in [0.25, 0.3) is 5.56 Å². The van der Waals surface area contributed by atoms with Crippen molar-refractivity contribution in [2.24, 2.45) is 0 Å². The fourth-order valence-electron chi connectivity index (χ4n) is 1.67. The normalized spacial score (nSPS) is 10.2. The lowest BCUT2D eigenvalue weighted by Gasteiger charge is -2.06. The van der Waals surface area contributed by atoms with Gasteiger partial charge in [-0.25, -0.2) is 9.18 Å². The van der Waals surface area contributed by atoms with Crippen LogP contribution < -0.4 is 5.56 Å². The van der Waals surface area contributed by atoms with E-state index >= 15 is 0 Å². The maximum atomic E-state index is 12.8. The minimum atomic E-state index is -0.550. The third-order valence-corrected chi connectivity index (χ3v) is 2.68. The first-order chi connectivity index (χ1) is 9.10. The molecule has 0 spiro atoms. The van der Waals surface area contributed by atoms with Gasteiger partial charge in [-0.2, -0.15) is 0 Å². The minimum absolute atomic E-state index is 0.211. The number of benzene rings is 1. The number of ether oxygens (including phenoxy) is 1. The number of hydrogen-bond acceptors (Lipinski definition) is 3. The first kappa shape index (κ1) is 13.0. The summed E-state index contributed by atoms with van der Waals surface area (Å²) >= 11 is 0. The lowest BCUT2D eigenvalue weighted by atomic mass is 10.2. The fourth-order valence-corrected chi connectivity index (χ4v) is 1.67. The predicted octanol–water partition coefficient (Wildman–Crippen LogP) is 1.82. The molecule has 0 amide bonds. The molecule has 4 nitrogen and oxygen atoms in total. The summed E-state index contributed by atoms with van der Waals surface area (Å²) in [6.45, 7) is 0.320. The Bertz CT molecular complexity index is 646. The van der Waals surface area contributed by atoms with Gasteiger partial charge in [0.05, 0.1) is 19.2 Å². The predicted molar refractivity (Wildman–Crippen MR) is 67.5 cm³/mol. The number of rotatable bonds is 3. The van der Waals surface area contributed by atoms with E-state index < -0.39 is 5.97 Å². The summed E-state index contributed by atoms with van der Waals surface area (Å²) in [7, 11) is 1.26. The van der Waals surface area contributed by atoms with Crippen molar-refractivity contribution in [3.63, 3.8) is 0 Å². The number of esters is 1. The second-order valence-corrected chi connectivity index (χ2v) is 4.00. The Balaban J connectivity index is 2.24. The van der Waals surface area contributed by atoms with Gasteiger partial charge >= 0.3 is 5.97 Å². The molecule has 1 aromatic heterocycles. The molecule has 0 aliphatic carbocycles. The van der Waals surface area contributed by atoms with E-state index in [1.807, 2.05) is 0 Å². The Hall–Kier alpha value is -2.43. The van der Waals surface area contributed by atoms with Crippen molar-refractivity contribution in [3.8, 4) is 0 Å². The molecule has 0 aliphatic rings. The number of methoxy groups -OCH3 is 1. The summed E-state index contributed by atoms with van der Waals surface area (Å²) in [5.74, 6) is -0.872. The second-order valence-electron chi connectivity index (χ2n) is 4.00. The van der Waals surface area contributed by atoms with Crippen LogP contribution in [-0.4, -0.2) is 17.6 Å². The van der Waals surface area contributed by atoms with E-state index in [1.54, 1.807) is 12.1 Å². The molecule has 0 bridgehead atoms. The second kappa shape index (κ2) is 5.48. The van der Waals surface area contributed by atoms with Crippen molar-refractivity contribution >= 4 is 5.97 Å². The van der Waals surface area contributed by atoms with Crippen LogP contribution in [0.5, 0.6) is 0 Å². The molecule has 0 aliphatic heterocycles. The molecule has 0 atom stereocenters. The third kappa shape index (κ3) is 3.07. The zero-order valence-corrected chi connectivity index (χ0v) is 10.3. The van der Waals surface area contributed by atoms with Crippen LogP contribution in [0.25, 0.3) is 0 Å². The standard InChI is InChI=1S/C14H12FNO3/c1-19-14(18)11-6-7-16(13(17)8-11)9-10-2-4-12(15)5-3-10/h2-8H,9H2,1H3. The van der Waals surface area contributed by atoms with Gasteiger partial charge in [-0.3, -0.25) is 4.79 Å². The first-order valence-electron chi connectivity index (χ1n) is 5.63. The van der Waals surface area contributed by atoms with Gasteiger partial charge in [0.2, 0.25) is 0 Å². The van der Waals surface area contributed by atoms with Crippen molar-refractivity contribution in [1.82, 2.24) is 4.57 Å². The molecule has 5 heteroatoms. The van der Waals surface area contributed by atoms with Gasteiger partial charge < -0.3 is 9.30 Å². The Kier molecular flexibility index (Phi) is 3.75. The minimum Gasteiger partial charge on any atom is -0.465 e. The number of pyridine rings is 1. The molecule has 0 saturated heterocycles. The monoisotopic (exact) mass is 261 g/mol. The van der Waals surface area contributed by atoms with Crippen molar-refractivity contribution in [2.75, 3.05) is 7.11 Å². The van der Waals surface area contributed by atoms with Gasteiger partial charge in [0, 0.05) is 12.3 Å². The van der Waals surface area contributed by atoms with E-state index in [-0.39, 0.29) is 16.9 Å². The largest absolute Gasteiger partial charge is 0.465 e. The van der Waals surface area contributed by atoms with E-state index in [2.05, 4.69) is 4.74 Å². The third-order valence-electron chi connectivity index (χ3n) is 2.68. The van der Waals surface area contributed by atoms with Gasteiger partial charge in [-0.15, -0.1) is 0 Å².